The summed E-state index contributed by atoms with van der Waals surface area (Å²) in [6.45, 7) is 0. The molecule has 0 atom stereocenters. The molecule has 1 heterocycles. The van der Waals surface area contributed by atoms with E-state index in [1.165, 1.54) is 5.56 Å². The van der Waals surface area contributed by atoms with E-state index in [9.17, 15) is 4.21 Å². The Kier molecular flexibility index (Phi) is 2.26. The summed E-state index contributed by atoms with van der Waals surface area (Å²) in [6, 6.07) is 10.4. The second-order valence-corrected chi connectivity index (χ2v) is 4.88. The zero-order valence-electron chi connectivity index (χ0n) is 6.90. The highest BCUT2D eigenvalue weighted by atomic mass is 32.2. The molecule has 0 unspecified atom stereocenters. The average Bonchev–Trinajstić information content (AvgIpc) is 2.04. The van der Waals surface area contributed by atoms with Crippen LogP contribution in [0.4, 0.5) is 0 Å². The molecular weight excluding hydrogens is 168 g/mol. The quantitative estimate of drug-likeness (QED) is 0.675. The number of hydrogen-bond acceptors (Lipinski definition) is 1. The molecule has 0 aliphatic carbocycles. The van der Waals surface area contributed by atoms with Crippen molar-refractivity contribution in [2.24, 2.45) is 5.92 Å². The zero-order chi connectivity index (χ0) is 8.39. The van der Waals surface area contributed by atoms with Gasteiger partial charge in [-0.2, -0.15) is 0 Å². The van der Waals surface area contributed by atoms with Crippen molar-refractivity contribution in [1.29, 1.82) is 0 Å². The predicted molar refractivity (Wildman–Crippen MR) is 51.5 cm³/mol. The van der Waals surface area contributed by atoms with E-state index < -0.39 is 10.8 Å². The van der Waals surface area contributed by atoms with Gasteiger partial charge in [-0.3, -0.25) is 4.21 Å². The molecule has 64 valence electrons. The SMILES string of the molecule is O=S1CC(Cc2ccccc2)C1. The van der Waals surface area contributed by atoms with E-state index in [-0.39, 0.29) is 0 Å². The lowest BCUT2D eigenvalue weighted by molar-refractivity contribution is 0.583. The number of rotatable bonds is 2. The van der Waals surface area contributed by atoms with Crippen molar-refractivity contribution in [2.75, 3.05) is 11.5 Å². The Hall–Kier alpha value is -0.630. The Balaban J connectivity index is 1.92. The van der Waals surface area contributed by atoms with Crippen LogP contribution in [-0.2, 0) is 17.2 Å². The first-order valence-corrected chi connectivity index (χ1v) is 5.72. The van der Waals surface area contributed by atoms with Crippen molar-refractivity contribution in [3.05, 3.63) is 35.9 Å². The number of hydrogen-bond donors (Lipinski definition) is 0. The van der Waals surface area contributed by atoms with E-state index in [1.54, 1.807) is 0 Å². The summed E-state index contributed by atoms with van der Waals surface area (Å²) >= 11 is 0. The molecule has 1 saturated heterocycles. The molecule has 1 aliphatic rings. The standard InChI is InChI=1S/C10H12OS/c11-12-7-10(8-12)6-9-4-2-1-3-5-9/h1-5,10H,6-8H2. The smallest absolute Gasteiger partial charge is 0.0275 e. The average molecular weight is 180 g/mol. The van der Waals surface area contributed by atoms with Gasteiger partial charge in [-0.15, -0.1) is 0 Å². The van der Waals surface area contributed by atoms with Gasteiger partial charge in [0.25, 0.3) is 0 Å². The molecule has 1 aliphatic heterocycles. The van der Waals surface area contributed by atoms with Crippen LogP contribution in [0.5, 0.6) is 0 Å². The van der Waals surface area contributed by atoms with Crippen molar-refractivity contribution >= 4 is 10.8 Å². The Morgan fingerprint density at radius 1 is 1.25 bits per heavy atom. The molecule has 1 nitrogen and oxygen atoms in total. The molecule has 1 fully saturated rings. The summed E-state index contributed by atoms with van der Waals surface area (Å²) in [7, 11) is -0.496. The highest BCUT2D eigenvalue weighted by molar-refractivity contribution is 7.86. The van der Waals surface area contributed by atoms with E-state index in [0.717, 1.165) is 17.9 Å². The van der Waals surface area contributed by atoms with E-state index in [1.807, 2.05) is 6.07 Å². The van der Waals surface area contributed by atoms with Crippen molar-refractivity contribution in [3.8, 4) is 0 Å². The maximum absolute atomic E-state index is 10.8. The summed E-state index contributed by atoms with van der Waals surface area (Å²) in [6.07, 6.45) is 1.10. The largest absolute Gasteiger partial charge is 0.260 e. The molecule has 12 heavy (non-hydrogen) atoms. The van der Waals surface area contributed by atoms with Crippen LogP contribution >= 0.6 is 0 Å². The Bertz CT molecular complexity index is 273. The van der Waals surface area contributed by atoms with Crippen LogP contribution in [0.25, 0.3) is 0 Å². The molecule has 1 aromatic carbocycles. The van der Waals surface area contributed by atoms with E-state index in [4.69, 9.17) is 0 Å². The first kappa shape index (κ1) is 7.99. The molecule has 0 radical (unpaired) electrons. The van der Waals surface area contributed by atoms with Gasteiger partial charge in [0, 0.05) is 22.3 Å². The maximum Gasteiger partial charge on any atom is 0.0275 e. The molecule has 0 N–H and O–H groups in total. The predicted octanol–water partition coefficient (Wildman–Crippen LogP) is 1.61. The molecule has 1 aromatic rings. The van der Waals surface area contributed by atoms with Crippen LogP contribution in [0.2, 0.25) is 0 Å². The van der Waals surface area contributed by atoms with Gasteiger partial charge in [0.05, 0.1) is 0 Å². The molecule has 0 bridgehead atoms. The lowest BCUT2D eigenvalue weighted by Crippen LogP contribution is -2.32. The fourth-order valence-electron chi connectivity index (χ4n) is 1.54. The van der Waals surface area contributed by atoms with Crippen LogP contribution in [0, 0.1) is 5.92 Å². The van der Waals surface area contributed by atoms with Crippen LogP contribution < -0.4 is 0 Å². The molecule has 0 spiro atoms. The summed E-state index contributed by atoms with van der Waals surface area (Å²) in [5.74, 6) is 2.50. The van der Waals surface area contributed by atoms with Gasteiger partial charge in [-0.05, 0) is 17.9 Å². The van der Waals surface area contributed by atoms with Gasteiger partial charge in [-0.25, -0.2) is 0 Å². The highest BCUT2D eigenvalue weighted by Crippen LogP contribution is 2.19. The molecule has 0 amide bonds. The second kappa shape index (κ2) is 3.40. The normalized spacial score (nSPS) is 28.0. The molecule has 2 rings (SSSR count). The maximum atomic E-state index is 10.8. The minimum absolute atomic E-state index is 0.496. The van der Waals surface area contributed by atoms with Gasteiger partial charge in [0.15, 0.2) is 0 Å². The van der Waals surface area contributed by atoms with Gasteiger partial charge in [0.2, 0.25) is 0 Å². The van der Waals surface area contributed by atoms with Crippen LogP contribution in [0.3, 0.4) is 0 Å². The third-order valence-electron chi connectivity index (χ3n) is 2.21. The van der Waals surface area contributed by atoms with E-state index >= 15 is 0 Å². The summed E-state index contributed by atoms with van der Waals surface area (Å²) < 4.78 is 10.8. The lowest BCUT2D eigenvalue weighted by Gasteiger charge is -2.24. The van der Waals surface area contributed by atoms with Crippen molar-refractivity contribution in [3.63, 3.8) is 0 Å². The fraction of sp³-hybridized carbons (Fsp3) is 0.400. The molecule has 2 heteroatoms. The molecule has 0 aromatic heterocycles. The third-order valence-corrected chi connectivity index (χ3v) is 3.90. The van der Waals surface area contributed by atoms with Crippen LogP contribution in [0.15, 0.2) is 30.3 Å². The first-order chi connectivity index (χ1) is 5.84. The van der Waals surface area contributed by atoms with E-state index in [0.29, 0.717) is 5.92 Å². The summed E-state index contributed by atoms with van der Waals surface area (Å²) in [5, 5.41) is 0. The van der Waals surface area contributed by atoms with Crippen molar-refractivity contribution < 1.29 is 4.21 Å². The highest BCUT2D eigenvalue weighted by Gasteiger charge is 2.24. The van der Waals surface area contributed by atoms with Gasteiger partial charge < -0.3 is 0 Å². The van der Waals surface area contributed by atoms with Crippen LogP contribution in [-0.4, -0.2) is 15.7 Å². The Labute approximate surface area is 75.3 Å². The topological polar surface area (TPSA) is 17.1 Å². The number of benzene rings is 1. The second-order valence-electron chi connectivity index (χ2n) is 3.33. The van der Waals surface area contributed by atoms with Crippen molar-refractivity contribution in [1.82, 2.24) is 0 Å². The Morgan fingerprint density at radius 2 is 1.92 bits per heavy atom. The first-order valence-electron chi connectivity index (χ1n) is 4.23. The minimum atomic E-state index is -0.496. The zero-order valence-corrected chi connectivity index (χ0v) is 7.72. The molecule has 0 saturated carbocycles. The minimum Gasteiger partial charge on any atom is -0.260 e. The van der Waals surface area contributed by atoms with Crippen LogP contribution in [0.1, 0.15) is 5.56 Å². The Morgan fingerprint density at radius 3 is 2.50 bits per heavy atom. The van der Waals surface area contributed by atoms with Crippen molar-refractivity contribution in [2.45, 2.75) is 6.42 Å². The van der Waals surface area contributed by atoms with E-state index in [2.05, 4.69) is 24.3 Å². The summed E-state index contributed by atoms with van der Waals surface area (Å²) in [4.78, 5) is 0. The monoisotopic (exact) mass is 180 g/mol. The van der Waals surface area contributed by atoms with Gasteiger partial charge in [0.1, 0.15) is 0 Å². The van der Waals surface area contributed by atoms with Gasteiger partial charge >= 0.3 is 0 Å². The fourth-order valence-corrected chi connectivity index (χ4v) is 2.73. The third kappa shape index (κ3) is 1.75. The van der Waals surface area contributed by atoms with Gasteiger partial charge in [-0.1, -0.05) is 30.3 Å². The molecular formula is C10H12OS. The lowest BCUT2D eigenvalue weighted by atomic mass is 10.0. The summed E-state index contributed by atoms with van der Waals surface area (Å²) in [5.41, 5.74) is 1.37.